The van der Waals surface area contributed by atoms with Gasteiger partial charge >= 0.3 is 0 Å². The SMILES string of the molecule is COc1ccc(-c2ccccc2C=O)c(Nc2ncccc2N)c1. The van der Waals surface area contributed by atoms with Gasteiger partial charge in [-0.3, -0.25) is 4.79 Å². The first-order valence-corrected chi connectivity index (χ1v) is 7.43. The first-order chi connectivity index (χ1) is 11.7. The Morgan fingerprint density at radius 2 is 1.92 bits per heavy atom. The largest absolute Gasteiger partial charge is 0.497 e. The molecular weight excluding hydrogens is 302 g/mol. The molecule has 0 fully saturated rings. The zero-order valence-electron chi connectivity index (χ0n) is 13.2. The molecule has 0 aliphatic heterocycles. The lowest BCUT2D eigenvalue weighted by atomic mass is 9.98. The number of aldehydes is 1. The van der Waals surface area contributed by atoms with Gasteiger partial charge in [-0.15, -0.1) is 0 Å². The number of carbonyl (C=O) groups is 1. The second-order valence-electron chi connectivity index (χ2n) is 5.18. The molecular formula is C19H17N3O2. The highest BCUT2D eigenvalue weighted by Crippen LogP contribution is 2.35. The molecule has 2 aromatic carbocycles. The van der Waals surface area contributed by atoms with Gasteiger partial charge in [0.1, 0.15) is 5.75 Å². The number of benzene rings is 2. The molecule has 24 heavy (non-hydrogen) atoms. The standard InChI is InChI=1S/C19H17N3O2/c1-24-14-8-9-16(15-6-3-2-5-13(15)12-23)18(11-14)22-19-17(20)7-4-10-21-19/h2-12H,20H2,1H3,(H,21,22). The van der Waals surface area contributed by atoms with E-state index in [0.29, 0.717) is 22.8 Å². The third-order valence-electron chi connectivity index (χ3n) is 3.70. The Balaban J connectivity index is 2.13. The number of nitrogens with zero attached hydrogens (tertiary/aromatic N) is 1. The normalized spacial score (nSPS) is 10.2. The topological polar surface area (TPSA) is 77.2 Å². The van der Waals surface area contributed by atoms with Gasteiger partial charge in [0.05, 0.1) is 18.5 Å². The summed E-state index contributed by atoms with van der Waals surface area (Å²) in [5.74, 6) is 1.25. The predicted octanol–water partition coefficient (Wildman–Crippen LogP) is 3.90. The number of nitrogens with two attached hydrogens (primary N) is 1. The van der Waals surface area contributed by atoms with Gasteiger partial charge in [-0.05, 0) is 29.8 Å². The maximum Gasteiger partial charge on any atom is 0.153 e. The summed E-state index contributed by atoms with van der Waals surface area (Å²) in [5.41, 5.74) is 9.57. The number of methoxy groups -OCH3 is 1. The van der Waals surface area contributed by atoms with Gasteiger partial charge in [-0.2, -0.15) is 0 Å². The molecule has 5 heteroatoms. The van der Waals surface area contributed by atoms with Crippen molar-refractivity contribution in [1.29, 1.82) is 0 Å². The van der Waals surface area contributed by atoms with Crippen LogP contribution in [0.4, 0.5) is 17.2 Å². The lowest BCUT2D eigenvalue weighted by Gasteiger charge is -2.15. The average Bonchev–Trinajstić information content (AvgIpc) is 2.63. The fourth-order valence-electron chi connectivity index (χ4n) is 2.48. The zero-order chi connectivity index (χ0) is 16.9. The smallest absolute Gasteiger partial charge is 0.153 e. The number of rotatable bonds is 5. The summed E-state index contributed by atoms with van der Waals surface area (Å²) in [6.07, 6.45) is 2.51. The minimum Gasteiger partial charge on any atom is -0.497 e. The zero-order valence-corrected chi connectivity index (χ0v) is 13.2. The number of hydrogen-bond donors (Lipinski definition) is 2. The first kappa shape index (κ1) is 15.6. The second-order valence-corrected chi connectivity index (χ2v) is 5.18. The van der Waals surface area contributed by atoms with Gasteiger partial charge in [-0.1, -0.05) is 24.3 Å². The summed E-state index contributed by atoms with van der Waals surface area (Å²) in [5, 5.41) is 3.23. The molecule has 0 spiro atoms. The van der Waals surface area contributed by atoms with Crippen molar-refractivity contribution >= 4 is 23.5 Å². The van der Waals surface area contributed by atoms with E-state index in [0.717, 1.165) is 23.1 Å². The van der Waals surface area contributed by atoms with E-state index in [2.05, 4.69) is 10.3 Å². The van der Waals surface area contributed by atoms with Crippen molar-refractivity contribution in [3.05, 3.63) is 66.4 Å². The minimum absolute atomic E-state index is 0.537. The van der Waals surface area contributed by atoms with Crippen molar-refractivity contribution in [2.24, 2.45) is 0 Å². The van der Waals surface area contributed by atoms with Crippen LogP contribution in [0.25, 0.3) is 11.1 Å². The van der Waals surface area contributed by atoms with Crippen LogP contribution in [0.5, 0.6) is 5.75 Å². The molecule has 0 aliphatic carbocycles. The van der Waals surface area contributed by atoms with E-state index in [1.54, 1.807) is 31.5 Å². The van der Waals surface area contributed by atoms with Crippen molar-refractivity contribution in [1.82, 2.24) is 4.98 Å². The minimum atomic E-state index is 0.537. The molecule has 0 saturated carbocycles. The number of nitrogen functional groups attached to an aromatic ring is 1. The van der Waals surface area contributed by atoms with Crippen LogP contribution in [0.2, 0.25) is 0 Å². The lowest BCUT2D eigenvalue weighted by Crippen LogP contribution is -2.01. The molecule has 0 atom stereocenters. The predicted molar refractivity (Wildman–Crippen MR) is 95.7 cm³/mol. The molecule has 0 bridgehead atoms. The summed E-state index contributed by atoms with van der Waals surface area (Å²) in [7, 11) is 1.60. The van der Waals surface area contributed by atoms with Gasteiger partial charge in [-0.25, -0.2) is 4.98 Å². The second kappa shape index (κ2) is 6.83. The van der Waals surface area contributed by atoms with Crippen LogP contribution >= 0.6 is 0 Å². The molecule has 3 N–H and O–H groups in total. The number of nitrogens with one attached hydrogen (secondary N) is 1. The highest BCUT2D eigenvalue weighted by molar-refractivity contribution is 5.93. The monoisotopic (exact) mass is 319 g/mol. The lowest BCUT2D eigenvalue weighted by molar-refractivity contribution is 0.112. The first-order valence-electron chi connectivity index (χ1n) is 7.43. The van der Waals surface area contributed by atoms with Crippen LogP contribution in [0.15, 0.2) is 60.8 Å². The van der Waals surface area contributed by atoms with Crippen LogP contribution in [0, 0.1) is 0 Å². The summed E-state index contributed by atoms with van der Waals surface area (Å²) < 4.78 is 5.31. The van der Waals surface area contributed by atoms with Crippen LogP contribution in [-0.2, 0) is 0 Å². The highest BCUT2D eigenvalue weighted by Gasteiger charge is 2.12. The molecule has 0 amide bonds. The fourth-order valence-corrected chi connectivity index (χ4v) is 2.48. The van der Waals surface area contributed by atoms with Gasteiger partial charge in [0.25, 0.3) is 0 Å². The Labute approximate surface area is 140 Å². The molecule has 3 rings (SSSR count). The van der Waals surface area contributed by atoms with Gasteiger partial charge < -0.3 is 15.8 Å². The summed E-state index contributed by atoms with van der Waals surface area (Å²) in [6, 6.07) is 16.6. The molecule has 0 unspecified atom stereocenters. The molecule has 3 aromatic rings. The summed E-state index contributed by atoms with van der Waals surface area (Å²) in [6.45, 7) is 0. The van der Waals surface area contributed by atoms with Gasteiger partial charge in [0, 0.05) is 23.4 Å². The van der Waals surface area contributed by atoms with E-state index in [-0.39, 0.29) is 0 Å². The van der Waals surface area contributed by atoms with E-state index in [1.165, 1.54) is 0 Å². The number of aromatic nitrogens is 1. The number of ether oxygens (including phenoxy) is 1. The van der Waals surface area contributed by atoms with E-state index >= 15 is 0 Å². The highest BCUT2D eigenvalue weighted by atomic mass is 16.5. The third-order valence-corrected chi connectivity index (χ3v) is 3.70. The Bertz CT molecular complexity index is 878. The summed E-state index contributed by atoms with van der Waals surface area (Å²) in [4.78, 5) is 15.6. The number of carbonyl (C=O) groups excluding carboxylic acids is 1. The van der Waals surface area contributed by atoms with Gasteiger partial charge in [0.2, 0.25) is 0 Å². The van der Waals surface area contributed by atoms with Crippen LogP contribution in [0.3, 0.4) is 0 Å². The third kappa shape index (κ3) is 3.05. The molecule has 0 saturated heterocycles. The Kier molecular flexibility index (Phi) is 4.43. The number of hydrogen-bond acceptors (Lipinski definition) is 5. The molecule has 0 aliphatic rings. The molecule has 120 valence electrons. The van der Waals surface area contributed by atoms with E-state index in [1.807, 2.05) is 36.4 Å². The Morgan fingerprint density at radius 3 is 2.67 bits per heavy atom. The van der Waals surface area contributed by atoms with Crippen LogP contribution in [0.1, 0.15) is 10.4 Å². The Morgan fingerprint density at radius 1 is 1.08 bits per heavy atom. The molecule has 1 heterocycles. The number of pyridine rings is 1. The Hall–Kier alpha value is -3.34. The van der Waals surface area contributed by atoms with Crippen molar-refractivity contribution in [2.75, 3.05) is 18.2 Å². The quantitative estimate of drug-likeness (QED) is 0.698. The van der Waals surface area contributed by atoms with E-state index in [4.69, 9.17) is 10.5 Å². The maximum absolute atomic E-state index is 11.4. The fraction of sp³-hybridized carbons (Fsp3) is 0.0526. The summed E-state index contributed by atoms with van der Waals surface area (Å²) >= 11 is 0. The van der Waals surface area contributed by atoms with Crippen molar-refractivity contribution < 1.29 is 9.53 Å². The van der Waals surface area contributed by atoms with Gasteiger partial charge in [0.15, 0.2) is 12.1 Å². The maximum atomic E-state index is 11.4. The van der Waals surface area contributed by atoms with E-state index < -0.39 is 0 Å². The van der Waals surface area contributed by atoms with Crippen LogP contribution < -0.4 is 15.8 Å². The van der Waals surface area contributed by atoms with Crippen LogP contribution in [-0.4, -0.2) is 18.4 Å². The molecule has 1 aromatic heterocycles. The van der Waals surface area contributed by atoms with Crippen molar-refractivity contribution in [3.63, 3.8) is 0 Å². The average molecular weight is 319 g/mol. The number of anilines is 3. The van der Waals surface area contributed by atoms with E-state index in [9.17, 15) is 4.79 Å². The van der Waals surface area contributed by atoms with Crippen molar-refractivity contribution in [2.45, 2.75) is 0 Å². The van der Waals surface area contributed by atoms with Crippen molar-refractivity contribution in [3.8, 4) is 16.9 Å². The molecule has 0 radical (unpaired) electrons. The molecule has 5 nitrogen and oxygen atoms in total.